The van der Waals surface area contributed by atoms with Crippen molar-refractivity contribution in [2.24, 2.45) is 5.92 Å². The summed E-state index contributed by atoms with van der Waals surface area (Å²) in [5.41, 5.74) is 0. The Balaban J connectivity index is 1.88. The van der Waals surface area contributed by atoms with Crippen molar-refractivity contribution >= 4 is 45.1 Å². The third-order valence-electron chi connectivity index (χ3n) is 3.73. The summed E-state index contributed by atoms with van der Waals surface area (Å²) in [6, 6.07) is 1.80. The maximum absolute atomic E-state index is 12.2. The molecule has 0 saturated carbocycles. The average molecular weight is 389 g/mol. The van der Waals surface area contributed by atoms with E-state index in [0.29, 0.717) is 30.8 Å². The number of carbonyl (C=O) groups excluding carboxylic acids is 2. The van der Waals surface area contributed by atoms with Crippen LogP contribution in [-0.4, -0.2) is 59.4 Å². The first kappa shape index (κ1) is 17.0. The van der Waals surface area contributed by atoms with E-state index in [1.807, 2.05) is 5.38 Å². The number of halogens is 1. The lowest BCUT2D eigenvalue weighted by Crippen LogP contribution is -2.45. The van der Waals surface area contributed by atoms with Crippen LogP contribution in [0.3, 0.4) is 0 Å². The van der Waals surface area contributed by atoms with Crippen LogP contribution in [0.2, 0.25) is 0 Å². The molecule has 1 fully saturated rings. The third kappa shape index (κ3) is 3.86. The van der Waals surface area contributed by atoms with Gasteiger partial charge in [-0.25, -0.2) is 0 Å². The van der Waals surface area contributed by atoms with E-state index in [9.17, 15) is 14.4 Å². The molecule has 0 radical (unpaired) electrons. The standard InChI is InChI=1S/C14H17BrN2O4S/c1-16(13(19)12-10(15)4-7-22-12)8-11(18)17-5-2-9(3-6-17)14(20)21/h4,7,9H,2-3,5-6,8H2,1H3,(H,20,21). The molecule has 6 nitrogen and oxygen atoms in total. The number of carbonyl (C=O) groups is 3. The Labute approximate surface area is 140 Å². The molecule has 1 saturated heterocycles. The molecule has 8 heteroatoms. The second-order valence-corrected chi connectivity index (χ2v) is 7.02. The maximum Gasteiger partial charge on any atom is 0.306 e. The van der Waals surface area contributed by atoms with Crippen LogP contribution in [0.25, 0.3) is 0 Å². The lowest BCUT2D eigenvalue weighted by molar-refractivity contribution is -0.145. The number of carboxylic acids is 1. The molecule has 22 heavy (non-hydrogen) atoms. The predicted molar refractivity (Wildman–Crippen MR) is 85.9 cm³/mol. The van der Waals surface area contributed by atoms with Gasteiger partial charge in [0.2, 0.25) is 5.91 Å². The van der Waals surface area contributed by atoms with Gasteiger partial charge in [0, 0.05) is 24.6 Å². The van der Waals surface area contributed by atoms with Gasteiger partial charge in [-0.05, 0) is 40.2 Å². The highest BCUT2D eigenvalue weighted by Crippen LogP contribution is 2.24. The van der Waals surface area contributed by atoms with Crippen LogP contribution in [0.5, 0.6) is 0 Å². The largest absolute Gasteiger partial charge is 0.481 e. The smallest absolute Gasteiger partial charge is 0.306 e. The molecule has 2 heterocycles. The van der Waals surface area contributed by atoms with E-state index in [4.69, 9.17) is 5.11 Å². The molecule has 2 rings (SSSR count). The van der Waals surface area contributed by atoms with Crippen molar-refractivity contribution in [3.8, 4) is 0 Å². The lowest BCUT2D eigenvalue weighted by atomic mass is 9.97. The Hall–Kier alpha value is -1.41. The van der Waals surface area contributed by atoms with Gasteiger partial charge in [0.1, 0.15) is 4.88 Å². The molecule has 1 aromatic rings. The fourth-order valence-electron chi connectivity index (χ4n) is 2.37. The SMILES string of the molecule is CN(CC(=O)N1CCC(C(=O)O)CC1)C(=O)c1sccc1Br. The van der Waals surface area contributed by atoms with Gasteiger partial charge in [-0.2, -0.15) is 0 Å². The van der Waals surface area contributed by atoms with Crippen LogP contribution in [0.4, 0.5) is 0 Å². The zero-order valence-corrected chi connectivity index (χ0v) is 14.5. The Morgan fingerprint density at radius 3 is 2.55 bits per heavy atom. The van der Waals surface area contributed by atoms with E-state index in [0.717, 1.165) is 4.47 Å². The van der Waals surface area contributed by atoms with Gasteiger partial charge < -0.3 is 14.9 Å². The van der Waals surface area contributed by atoms with Gasteiger partial charge in [0.05, 0.1) is 12.5 Å². The summed E-state index contributed by atoms with van der Waals surface area (Å²) in [5.74, 6) is -1.52. The summed E-state index contributed by atoms with van der Waals surface area (Å²) in [7, 11) is 1.59. The number of piperidine rings is 1. The summed E-state index contributed by atoms with van der Waals surface area (Å²) in [4.78, 5) is 39.0. The van der Waals surface area contributed by atoms with Crippen molar-refractivity contribution in [1.29, 1.82) is 0 Å². The number of rotatable bonds is 4. The Kier molecular flexibility index (Phi) is 5.57. The van der Waals surface area contributed by atoms with E-state index in [1.54, 1.807) is 18.0 Å². The van der Waals surface area contributed by atoms with E-state index in [1.165, 1.54) is 16.2 Å². The summed E-state index contributed by atoms with van der Waals surface area (Å²) < 4.78 is 0.726. The van der Waals surface area contributed by atoms with E-state index in [2.05, 4.69) is 15.9 Å². The molecule has 0 aromatic carbocycles. The summed E-state index contributed by atoms with van der Waals surface area (Å²) in [6.45, 7) is 0.863. The number of likely N-dealkylation sites (tertiary alicyclic amines) is 1. The van der Waals surface area contributed by atoms with Crippen molar-refractivity contribution in [3.63, 3.8) is 0 Å². The van der Waals surface area contributed by atoms with Crippen LogP contribution < -0.4 is 0 Å². The molecule has 1 aromatic heterocycles. The monoisotopic (exact) mass is 388 g/mol. The molecule has 0 atom stereocenters. The molecule has 1 aliphatic heterocycles. The predicted octanol–water partition coefficient (Wildman–Crippen LogP) is 1.91. The molecule has 0 aliphatic carbocycles. The number of thiophene rings is 1. The third-order valence-corrected chi connectivity index (χ3v) is 5.55. The van der Waals surface area contributed by atoms with Crippen LogP contribution in [0.1, 0.15) is 22.5 Å². The summed E-state index contributed by atoms with van der Waals surface area (Å²) in [6.07, 6.45) is 0.935. The van der Waals surface area contributed by atoms with Crippen molar-refractivity contribution in [3.05, 3.63) is 20.8 Å². The zero-order chi connectivity index (χ0) is 16.3. The molecule has 0 bridgehead atoms. The van der Waals surface area contributed by atoms with Crippen LogP contribution >= 0.6 is 27.3 Å². The summed E-state index contributed by atoms with van der Waals surface area (Å²) >= 11 is 4.63. The van der Waals surface area contributed by atoms with Gasteiger partial charge in [0.15, 0.2) is 0 Å². The number of likely N-dealkylation sites (N-methyl/N-ethyl adjacent to an activating group) is 1. The number of carboxylic acid groups (broad SMARTS) is 1. The molecule has 2 amide bonds. The van der Waals surface area contributed by atoms with Crippen LogP contribution in [0, 0.1) is 5.92 Å². The molecule has 0 unspecified atom stereocenters. The van der Waals surface area contributed by atoms with Gasteiger partial charge in [-0.15, -0.1) is 11.3 Å². The van der Waals surface area contributed by atoms with Gasteiger partial charge in [-0.3, -0.25) is 14.4 Å². The van der Waals surface area contributed by atoms with Gasteiger partial charge >= 0.3 is 5.97 Å². The minimum atomic E-state index is -0.804. The maximum atomic E-state index is 12.2. The Bertz CT molecular complexity index is 581. The highest BCUT2D eigenvalue weighted by atomic mass is 79.9. The Morgan fingerprint density at radius 1 is 1.41 bits per heavy atom. The first-order chi connectivity index (χ1) is 10.4. The fourth-order valence-corrected chi connectivity index (χ4v) is 3.90. The van der Waals surface area contributed by atoms with Crippen molar-refractivity contribution in [2.75, 3.05) is 26.7 Å². The van der Waals surface area contributed by atoms with E-state index < -0.39 is 5.97 Å². The molecule has 0 spiro atoms. The second-order valence-electron chi connectivity index (χ2n) is 5.25. The molecular formula is C14H17BrN2O4S. The van der Waals surface area contributed by atoms with Gasteiger partial charge in [0.25, 0.3) is 5.91 Å². The van der Waals surface area contributed by atoms with E-state index >= 15 is 0 Å². The molecular weight excluding hydrogens is 372 g/mol. The Morgan fingerprint density at radius 2 is 2.05 bits per heavy atom. The minimum absolute atomic E-state index is 0.000904. The van der Waals surface area contributed by atoms with Crippen LogP contribution in [0.15, 0.2) is 15.9 Å². The number of aliphatic carboxylic acids is 1. The second kappa shape index (κ2) is 7.23. The number of nitrogens with zero attached hydrogens (tertiary/aromatic N) is 2. The molecule has 1 N–H and O–H groups in total. The first-order valence-electron chi connectivity index (χ1n) is 6.89. The van der Waals surface area contributed by atoms with Crippen molar-refractivity contribution < 1.29 is 19.5 Å². The molecule has 1 aliphatic rings. The number of hydrogen-bond acceptors (Lipinski definition) is 4. The van der Waals surface area contributed by atoms with E-state index in [-0.39, 0.29) is 24.3 Å². The van der Waals surface area contributed by atoms with Gasteiger partial charge in [-0.1, -0.05) is 0 Å². The minimum Gasteiger partial charge on any atom is -0.481 e. The number of hydrogen-bond donors (Lipinski definition) is 1. The lowest BCUT2D eigenvalue weighted by Gasteiger charge is -2.31. The first-order valence-corrected chi connectivity index (χ1v) is 8.56. The van der Waals surface area contributed by atoms with Crippen molar-refractivity contribution in [2.45, 2.75) is 12.8 Å². The normalized spacial score (nSPS) is 15.6. The topological polar surface area (TPSA) is 77.9 Å². The number of amides is 2. The highest BCUT2D eigenvalue weighted by Gasteiger charge is 2.28. The zero-order valence-electron chi connectivity index (χ0n) is 12.1. The average Bonchev–Trinajstić information content (AvgIpc) is 2.92. The summed E-state index contributed by atoms with van der Waals surface area (Å²) in [5, 5.41) is 10.8. The van der Waals surface area contributed by atoms with Crippen molar-refractivity contribution in [1.82, 2.24) is 9.80 Å². The fraction of sp³-hybridized carbons (Fsp3) is 0.500. The van der Waals surface area contributed by atoms with Crippen LogP contribution in [-0.2, 0) is 9.59 Å². The quantitative estimate of drug-likeness (QED) is 0.854. The molecule has 120 valence electrons. The highest BCUT2D eigenvalue weighted by molar-refractivity contribution is 9.10.